The van der Waals surface area contributed by atoms with Gasteiger partial charge in [-0.3, -0.25) is 24.0 Å². The summed E-state index contributed by atoms with van der Waals surface area (Å²) in [6, 6.07) is 4.08. The van der Waals surface area contributed by atoms with Gasteiger partial charge in [-0.25, -0.2) is 0 Å². The van der Waals surface area contributed by atoms with E-state index in [9.17, 15) is 24.0 Å². The van der Waals surface area contributed by atoms with Gasteiger partial charge in [-0.2, -0.15) is 0 Å². The van der Waals surface area contributed by atoms with Gasteiger partial charge in [-0.1, -0.05) is 6.07 Å². The minimum Gasteiger partial charge on any atom is -0.497 e. The van der Waals surface area contributed by atoms with Crippen LogP contribution in [0.15, 0.2) is 24.3 Å². The Balaban J connectivity index is 1.69. The van der Waals surface area contributed by atoms with Crippen molar-refractivity contribution >= 4 is 35.2 Å². The fraction of sp³-hybridized carbons (Fsp3) is 0.476. The standard InChI is InChI=1S/C21H27N5O6/c1-32-13-5-2-4-12(10-13)23-20(30)16-6-3-9-26(16)21(31)15(11-17(22)27)25-19(29)14-7-8-18(28)24-14/h2,4-5,10,14-16H,3,6-9,11H2,1H3,(H2,22,27)(H,23,30)(H,24,28)(H,25,29)/t14-,15-,16-/m0/s1. The molecule has 0 saturated carbocycles. The number of methoxy groups -OCH3 is 1. The lowest BCUT2D eigenvalue weighted by atomic mass is 10.1. The van der Waals surface area contributed by atoms with Crippen LogP contribution in [0, 0.1) is 0 Å². The summed E-state index contributed by atoms with van der Waals surface area (Å²) in [6.07, 6.45) is 1.14. The second-order valence-corrected chi connectivity index (χ2v) is 7.80. The first-order valence-electron chi connectivity index (χ1n) is 10.4. The zero-order chi connectivity index (χ0) is 23.3. The van der Waals surface area contributed by atoms with Gasteiger partial charge in [0.05, 0.1) is 13.5 Å². The highest BCUT2D eigenvalue weighted by molar-refractivity contribution is 6.00. The average molecular weight is 445 g/mol. The third kappa shape index (κ3) is 5.54. The van der Waals surface area contributed by atoms with Gasteiger partial charge in [0.25, 0.3) is 0 Å². The molecule has 1 aromatic rings. The molecule has 0 bridgehead atoms. The summed E-state index contributed by atoms with van der Waals surface area (Å²) in [7, 11) is 1.52. The molecule has 172 valence electrons. The summed E-state index contributed by atoms with van der Waals surface area (Å²) in [6.45, 7) is 0.306. The van der Waals surface area contributed by atoms with E-state index in [1.165, 1.54) is 12.0 Å². The Labute approximate surface area is 185 Å². The number of carbonyl (C=O) groups is 5. The van der Waals surface area contributed by atoms with Crippen LogP contribution < -0.4 is 26.4 Å². The van der Waals surface area contributed by atoms with E-state index in [1.54, 1.807) is 24.3 Å². The van der Waals surface area contributed by atoms with Crippen molar-refractivity contribution in [2.45, 2.75) is 50.2 Å². The molecular weight excluding hydrogens is 418 g/mol. The number of rotatable bonds is 8. The Morgan fingerprint density at radius 3 is 2.69 bits per heavy atom. The molecule has 1 aromatic carbocycles. The largest absolute Gasteiger partial charge is 0.497 e. The van der Waals surface area contributed by atoms with Crippen LogP contribution in [0.3, 0.4) is 0 Å². The third-order valence-electron chi connectivity index (χ3n) is 5.51. The van der Waals surface area contributed by atoms with Gasteiger partial charge >= 0.3 is 0 Å². The summed E-state index contributed by atoms with van der Waals surface area (Å²) in [4.78, 5) is 62.8. The van der Waals surface area contributed by atoms with E-state index in [0.29, 0.717) is 37.2 Å². The molecule has 11 heteroatoms. The maximum Gasteiger partial charge on any atom is 0.247 e. The van der Waals surface area contributed by atoms with E-state index in [-0.39, 0.29) is 18.2 Å². The molecule has 2 aliphatic heterocycles. The number of hydrogen-bond donors (Lipinski definition) is 4. The molecule has 3 atom stereocenters. The highest BCUT2D eigenvalue weighted by atomic mass is 16.5. The number of amides is 5. The normalized spacial score (nSPS) is 20.9. The van der Waals surface area contributed by atoms with Crippen LogP contribution in [0.25, 0.3) is 0 Å². The monoisotopic (exact) mass is 445 g/mol. The second kappa shape index (κ2) is 10.1. The van der Waals surface area contributed by atoms with Crippen molar-refractivity contribution in [3.63, 3.8) is 0 Å². The zero-order valence-electron chi connectivity index (χ0n) is 17.8. The van der Waals surface area contributed by atoms with Crippen molar-refractivity contribution in [2.24, 2.45) is 5.73 Å². The van der Waals surface area contributed by atoms with Crippen LogP contribution in [-0.2, 0) is 24.0 Å². The molecule has 0 spiro atoms. The van der Waals surface area contributed by atoms with Gasteiger partial charge < -0.3 is 31.3 Å². The smallest absolute Gasteiger partial charge is 0.247 e. The number of hydrogen-bond acceptors (Lipinski definition) is 6. The Bertz CT molecular complexity index is 920. The number of anilines is 1. The van der Waals surface area contributed by atoms with Gasteiger partial charge in [-0.05, 0) is 31.4 Å². The predicted octanol–water partition coefficient (Wildman–Crippen LogP) is -0.736. The molecule has 0 unspecified atom stereocenters. The average Bonchev–Trinajstić information content (AvgIpc) is 3.42. The number of ether oxygens (including phenoxy) is 1. The molecule has 2 saturated heterocycles. The van der Waals surface area contributed by atoms with Crippen molar-refractivity contribution in [3.05, 3.63) is 24.3 Å². The van der Waals surface area contributed by atoms with Crippen molar-refractivity contribution in [1.82, 2.24) is 15.5 Å². The fourth-order valence-corrected chi connectivity index (χ4v) is 3.91. The number of primary amides is 1. The highest BCUT2D eigenvalue weighted by Crippen LogP contribution is 2.22. The minimum absolute atomic E-state index is 0.213. The first kappa shape index (κ1) is 23.0. The van der Waals surface area contributed by atoms with Gasteiger partial charge in [0.15, 0.2) is 0 Å². The summed E-state index contributed by atoms with van der Waals surface area (Å²) in [5.41, 5.74) is 5.80. The van der Waals surface area contributed by atoms with Crippen molar-refractivity contribution < 1.29 is 28.7 Å². The Morgan fingerprint density at radius 2 is 2.03 bits per heavy atom. The Hall–Kier alpha value is -3.63. The van der Waals surface area contributed by atoms with Crippen LogP contribution in [0.2, 0.25) is 0 Å². The minimum atomic E-state index is -1.22. The van der Waals surface area contributed by atoms with Crippen LogP contribution in [0.1, 0.15) is 32.1 Å². The quantitative estimate of drug-likeness (QED) is 0.412. The molecular formula is C21H27N5O6. The van der Waals surface area contributed by atoms with Gasteiger partial charge in [0, 0.05) is 24.7 Å². The van der Waals surface area contributed by atoms with Gasteiger partial charge in [-0.15, -0.1) is 0 Å². The Morgan fingerprint density at radius 1 is 1.25 bits per heavy atom. The molecule has 2 fully saturated rings. The highest BCUT2D eigenvalue weighted by Gasteiger charge is 2.39. The first-order valence-corrected chi connectivity index (χ1v) is 10.4. The molecule has 3 rings (SSSR count). The molecule has 0 aliphatic carbocycles. The lowest BCUT2D eigenvalue weighted by Gasteiger charge is -2.29. The van der Waals surface area contributed by atoms with Gasteiger partial charge in [0.1, 0.15) is 23.9 Å². The van der Waals surface area contributed by atoms with E-state index < -0.39 is 42.3 Å². The lowest BCUT2D eigenvalue weighted by Crippen LogP contribution is -2.56. The molecule has 2 aliphatic rings. The summed E-state index contributed by atoms with van der Waals surface area (Å²) in [5, 5.41) is 7.81. The fourth-order valence-electron chi connectivity index (χ4n) is 3.91. The van der Waals surface area contributed by atoms with Crippen LogP contribution >= 0.6 is 0 Å². The summed E-state index contributed by atoms with van der Waals surface area (Å²) >= 11 is 0. The SMILES string of the molecule is COc1cccc(NC(=O)[C@@H]2CCCN2C(=O)[C@H](CC(N)=O)NC(=O)[C@@H]2CCC(=O)N2)c1. The van der Waals surface area contributed by atoms with Crippen molar-refractivity contribution in [1.29, 1.82) is 0 Å². The molecule has 11 nitrogen and oxygen atoms in total. The number of nitrogens with zero attached hydrogens (tertiary/aromatic N) is 1. The van der Waals surface area contributed by atoms with Crippen LogP contribution in [0.5, 0.6) is 5.75 Å². The van der Waals surface area contributed by atoms with Crippen molar-refractivity contribution in [3.8, 4) is 5.75 Å². The van der Waals surface area contributed by atoms with Crippen molar-refractivity contribution in [2.75, 3.05) is 19.0 Å². The lowest BCUT2D eigenvalue weighted by molar-refractivity contribution is -0.141. The second-order valence-electron chi connectivity index (χ2n) is 7.80. The van der Waals surface area contributed by atoms with E-state index in [0.717, 1.165) is 0 Å². The molecule has 0 aromatic heterocycles. The number of nitrogens with one attached hydrogen (secondary N) is 3. The topological polar surface area (TPSA) is 160 Å². The zero-order valence-corrected chi connectivity index (χ0v) is 17.8. The summed E-state index contributed by atoms with van der Waals surface area (Å²) < 4.78 is 5.15. The molecule has 5 N–H and O–H groups in total. The van der Waals surface area contributed by atoms with E-state index in [1.807, 2.05) is 0 Å². The van der Waals surface area contributed by atoms with Crippen LogP contribution in [0.4, 0.5) is 5.69 Å². The number of nitrogens with two attached hydrogens (primary N) is 1. The summed E-state index contributed by atoms with van der Waals surface area (Å²) in [5.74, 6) is -1.95. The van der Waals surface area contributed by atoms with E-state index >= 15 is 0 Å². The molecule has 5 amide bonds. The number of likely N-dealkylation sites (tertiary alicyclic amines) is 1. The maximum absolute atomic E-state index is 13.2. The van der Waals surface area contributed by atoms with E-state index in [2.05, 4.69) is 16.0 Å². The van der Waals surface area contributed by atoms with Gasteiger partial charge in [0.2, 0.25) is 29.5 Å². The predicted molar refractivity (Wildman–Crippen MR) is 113 cm³/mol. The third-order valence-corrected chi connectivity index (χ3v) is 5.51. The number of carbonyl (C=O) groups excluding carboxylic acids is 5. The van der Waals surface area contributed by atoms with Crippen LogP contribution in [-0.4, -0.2) is 66.2 Å². The molecule has 0 radical (unpaired) electrons. The maximum atomic E-state index is 13.2. The van der Waals surface area contributed by atoms with E-state index in [4.69, 9.17) is 10.5 Å². The first-order chi connectivity index (χ1) is 15.3. The number of benzene rings is 1. The molecule has 2 heterocycles. The molecule has 32 heavy (non-hydrogen) atoms. The Kier molecular flexibility index (Phi) is 7.29.